The lowest BCUT2D eigenvalue weighted by Gasteiger charge is -2.07. The highest BCUT2D eigenvalue weighted by atomic mass is 16.4. The van der Waals surface area contributed by atoms with Crippen molar-refractivity contribution in [2.75, 3.05) is 6.54 Å². The van der Waals surface area contributed by atoms with Gasteiger partial charge in [0, 0.05) is 24.5 Å². The number of aliphatic carboxylic acids is 1. The average Bonchev–Trinajstić information content (AvgIpc) is 2.28. The number of carboxylic acid groups (broad SMARTS) is 1. The minimum absolute atomic E-state index is 0.0311. The Morgan fingerprint density at radius 3 is 2.72 bits per heavy atom. The molecule has 1 aromatic rings. The summed E-state index contributed by atoms with van der Waals surface area (Å²) >= 11 is 0. The topological polar surface area (TPSA) is 99.3 Å². The van der Waals surface area contributed by atoms with Crippen molar-refractivity contribution in [3.63, 3.8) is 0 Å². The van der Waals surface area contributed by atoms with Gasteiger partial charge in [0.2, 0.25) is 0 Å². The third-order valence-electron chi connectivity index (χ3n) is 2.59. The number of pyridine rings is 1. The molecule has 0 aromatic carbocycles. The van der Waals surface area contributed by atoms with Crippen molar-refractivity contribution in [2.45, 2.75) is 20.3 Å². The summed E-state index contributed by atoms with van der Waals surface area (Å²) < 4.78 is 0. The van der Waals surface area contributed by atoms with Gasteiger partial charge in [0.25, 0.3) is 5.91 Å². The first-order valence-corrected chi connectivity index (χ1v) is 5.62. The van der Waals surface area contributed by atoms with Crippen LogP contribution in [0.25, 0.3) is 0 Å². The Bertz CT molecular complexity index is 507. The molecule has 1 aromatic heterocycles. The van der Waals surface area contributed by atoms with E-state index in [-0.39, 0.29) is 17.5 Å². The maximum absolute atomic E-state index is 11.6. The van der Waals surface area contributed by atoms with E-state index in [4.69, 9.17) is 5.11 Å². The number of amides is 1. The van der Waals surface area contributed by atoms with Gasteiger partial charge in [-0.25, -0.2) is 0 Å². The molecule has 6 heteroatoms. The Kier molecular flexibility index (Phi) is 4.65. The predicted molar refractivity (Wildman–Crippen MR) is 65.5 cm³/mol. The van der Waals surface area contributed by atoms with E-state index in [0.717, 1.165) is 0 Å². The minimum atomic E-state index is -0.905. The maximum Gasteiger partial charge on any atom is 0.306 e. The van der Waals surface area contributed by atoms with Crippen LogP contribution in [0, 0.1) is 12.8 Å². The van der Waals surface area contributed by atoms with Gasteiger partial charge in [-0.1, -0.05) is 6.92 Å². The number of carbonyl (C=O) groups is 2. The number of hydrogen-bond acceptors (Lipinski definition) is 3. The Labute approximate surface area is 104 Å². The summed E-state index contributed by atoms with van der Waals surface area (Å²) in [5.74, 6) is -1.92. The monoisotopic (exact) mass is 252 g/mol. The summed E-state index contributed by atoms with van der Waals surface area (Å²) in [5, 5.41) is 11.2. The van der Waals surface area contributed by atoms with Crippen LogP contribution in [0.5, 0.6) is 0 Å². The zero-order valence-electron chi connectivity index (χ0n) is 10.3. The van der Waals surface area contributed by atoms with E-state index in [0.29, 0.717) is 12.1 Å². The highest BCUT2D eigenvalue weighted by Crippen LogP contribution is 2.00. The molecule has 1 heterocycles. The van der Waals surface area contributed by atoms with E-state index < -0.39 is 17.8 Å². The third kappa shape index (κ3) is 3.73. The molecule has 0 saturated carbocycles. The molecule has 1 amide bonds. The summed E-state index contributed by atoms with van der Waals surface area (Å²) in [6.07, 6.45) is 1.68. The van der Waals surface area contributed by atoms with Crippen LogP contribution in [-0.4, -0.2) is 28.5 Å². The van der Waals surface area contributed by atoms with Crippen LogP contribution in [0.2, 0.25) is 0 Å². The smallest absolute Gasteiger partial charge is 0.306 e. The minimum Gasteiger partial charge on any atom is -0.481 e. The molecule has 0 bridgehead atoms. The van der Waals surface area contributed by atoms with Crippen molar-refractivity contribution < 1.29 is 14.7 Å². The fraction of sp³-hybridized carbons (Fsp3) is 0.417. The van der Waals surface area contributed by atoms with E-state index in [1.807, 2.05) is 0 Å². The number of carboxylic acids is 1. The third-order valence-corrected chi connectivity index (χ3v) is 2.59. The first-order valence-electron chi connectivity index (χ1n) is 5.62. The van der Waals surface area contributed by atoms with E-state index in [2.05, 4.69) is 10.3 Å². The van der Waals surface area contributed by atoms with Crippen LogP contribution in [0.15, 0.2) is 17.1 Å². The average molecular weight is 252 g/mol. The van der Waals surface area contributed by atoms with Gasteiger partial charge in [0.1, 0.15) is 5.56 Å². The van der Waals surface area contributed by atoms with Gasteiger partial charge in [0.05, 0.1) is 5.92 Å². The van der Waals surface area contributed by atoms with Crippen molar-refractivity contribution in [1.82, 2.24) is 10.3 Å². The molecule has 0 radical (unpaired) electrons. The van der Waals surface area contributed by atoms with Crippen LogP contribution < -0.4 is 10.7 Å². The molecule has 18 heavy (non-hydrogen) atoms. The normalized spacial score (nSPS) is 11.9. The molecule has 0 fully saturated rings. The van der Waals surface area contributed by atoms with Crippen molar-refractivity contribution >= 4 is 11.9 Å². The van der Waals surface area contributed by atoms with Gasteiger partial charge in [-0.3, -0.25) is 14.4 Å². The van der Waals surface area contributed by atoms with Gasteiger partial charge in [-0.2, -0.15) is 0 Å². The van der Waals surface area contributed by atoms with Crippen LogP contribution in [0.4, 0.5) is 0 Å². The van der Waals surface area contributed by atoms with Crippen LogP contribution in [0.1, 0.15) is 29.4 Å². The van der Waals surface area contributed by atoms with Crippen LogP contribution in [-0.2, 0) is 4.79 Å². The van der Waals surface area contributed by atoms with E-state index in [1.165, 1.54) is 12.3 Å². The Balaban J connectivity index is 2.56. The first-order chi connectivity index (χ1) is 8.41. The van der Waals surface area contributed by atoms with Gasteiger partial charge in [0.15, 0.2) is 5.43 Å². The Hall–Kier alpha value is -2.11. The number of rotatable bonds is 5. The summed E-state index contributed by atoms with van der Waals surface area (Å²) in [5.41, 5.74) is 0.356. The van der Waals surface area contributed by atoms with Crippen LogP contribution in [0.3, 0.4) is 0 Å². The quantitative estimate of drug-likeness (QED) is 0.711. The summed E-state index contributed by atoms with van der Waals surface area (Å²) in [7, 11) is 0. The molecule has 0 aliphatic heterocycles. The highest BCUT2D eigenvalue weighted by molar-refractivity contribution is 5.93. The number of aromatic nitrogens is 1. The zero-order chi connectivity index (χ0) is 13.7. The van der Waals surface area contributed by atoms with Crippen LogP contribution >= 0.6 is 0 Å². The van der Waals surface area contributed by atoms with E-state index in [9.17, 15) is 14.4 Å². The molecule has 0 aliphatic rings. The number of nitrogens with one attached hydrogen (secondary N) is 2. The molecule has 0 saturated heterocycles. The lowest BCUT2D eigenvalue weighted by atomic mass is 10.1. The second kappa shape index (κ2) is 6.00. The standard InChI is InChI=1S/C12H16N2O4/c1-7(12(17)18)3-4-13-11(16)9-6-14-8(2)5-10(9)15/h5-7H,3-4H2,1-2H3,(H,13,16)(H,14,15)(H,17,18). The molecular formula is C12H16N2O4. The summed E-state index contributed by atoms with van der Waals surface area (Å²) in [6.45, 7) is 3.50. The SMILES string of the molecule is Cc1cc(=O)c(C(=O)NCCC(C)C(=O)O)c[nH]1. The van der Waals surface area contributed by atoms with E-state index >= 15 is 0 Å². The van der Waals surface area contributed by atoms with Gasteiger partial charge in [-0.05, 0) is 13.3 Å². The first kappa shape index (κ1) is 14.0. The number of hydrogen-bond donors (Lipinski definition) is 3. The lowest BCUT2D eigenvalue weighted by Crippen LogP contribution is -2.30. The second-order valence-electron chi connectivity index (χ2n) is 4.18. The zero-order valence-corrected chi connectivity index (χ0v) is 10.3. The van der Waals surface area contributed by atoms with Gasteiger partial charge >= 0.3 is 5.97 Å². The molecule has 0 spiro atoms. The fourth-order valence-electron chi connectivity index (χ4n) is 1.37. The molecular weight excluding hydrogens is 236 g/mol. The molecule has 98 valence electrons. The maximum atomic E-state index is 11.6. The molecule has 0 aliphatic carbocycles. The Morgan fingerprint density at radius 2 is 2.17 bits per heavy atom. The number of carbonyl (C=O) groups excluding carboxylic acids is 1. The molecule has 1 atom stereocenters. The summed E-state index contributed by atoms with van der Waals surface area (Å²) in [4.78, 5) is 36.5. The van der Waals surface area contributed by atoms with Crippen molar-refractivity contribution in [2.24, 2.45) is 5.92 Å². The largest absolute Gasteiger partial charge is 0.481 e. The van der Waals surface area contributed by atoms with Crippen molar-refractivity contribution in [3.05, 3.63) is 33.7 Å². The predicted octanol–water partition coefficient (Wildman–Crippen LogP) is 0.524. The van der Waals surface area contributed by atoms with E-state index in [1.54, 1.807) is 13.8 Å². The lowest BCUT2D eigenvalue weighted by molar-refractivity contribution is -0.141. The van der Waals surface area contributed by atoms with Gasteiger partial charge in [-0.15, -0.1) is 0 Å². The highest BCUT2D eigenvalue weighted by Gasteiger charge is 2.13. The molecule has 3 N–H and O–H groups in total. The fourth-order valence-corrected chi connectivity index (χ4v) is 1.37. The van der Waals surface area contributed by atoms with Crippen molar-refractivity contribution in [1.29, 1.82) is 0 Å². The number of aromatic amines is 1. The Morgan fingerprint density at radius 1 is 1.50 bits per heavy atom. The van der Waals surface area contributed by atoms with Crippen molar-refractivity contribution in [3.8, 4) is 0 Å². The van der Waals surface area contributed by atoms with Gasteiger partial charge < -0.3 is 15.4 Å². The number of aryl methyl sites for hydroxylation is 1. The summed E-state index contributed by atoms with van der Waals surface area (Å²) in [6, 6.07) is 1.34. The second-order valence-corrected chi connectivity index (χ2v) is 4.18. The molecule has 1 rings (SSSR count). The molecule has 1 unspecified atom stereocenters. The molecule has 6 nitrogen and oxygen atoms in total. The number of H-pyrrole nitrogens is 1.